The Hall–Kier alpha value is -1.84. The maximum Gasteiger partial charge on any atom is 0.227 e. The quantitative estimate of drug-likeness (QED) is 0.925. The summed E-state index contributed by atoms with van der Waals surface area (Å²) in [4.78, 5) is 26.2. The number of benzene rings is 1. The summed E-state index contributed by atoms with van der Waals surface area (Å²) in [5.41, 5.74) is 3.19. The molecule has 1 aromatic carbocycles. The van der Waals surface area contributed by atoms with Gasteiger partial charge in [-0.15, -0.1) is 0 Å². The van der Waals surface area contributed by atoms with Crippen LogP contribution in [0.15, 0.2) is 18.2 Å². The molecule has 1 N–H and O–H groups in total. The Morgan fingerprint density at radius 2 is 2.14 bits per heavy atom. The number of aryl methyl sites for hydroxylation is 1. The Morgan fingerprint density at radius 1 is 1.43 bits per heavy atom. The molecule has 21 heavy (non-hydrogen) atoms. The lowest BCUT2D eigenvalue weighted by Crippen LogP contribution is -2.38. The lowest BCUT2D eigenvalue weighted by Gasteiger charge is -2.20. The van der Waals surface area contributed by atoms with Crippen molar-refractivity contribution in [2.75, 3.05) is 11.4 Å². The first-order valence-electron chi connectivity index (χ1n) is 7.61. The first kappa shape index (κ1) is 15.5. The van der Waals surface area contributed by atoms with Gasteiger partial charge >= 0.3 is 0 Å². The van der Waals surface area contributed by atoms with Gasteiger partial charge in [0.25, 0.3) is 0 Å². The van der Waals surface area contributed by atoms with Gasteiger partial charge in [-0.1, -0.05) is 19.1 Å². The molecule has 2 atom stereocenters. The van der Waals surface area contributed by atoms with Gasteiger partial charge in [0.15, 0.2) is 0 Å². The molecule has 2 amide bonds. The van der Waals surface area contributed by atoms with Crippen molar-refractivity contribution in [3.05, 3.63) is 29.3 Å². The number of nitrogens with one attached hydrogen (secondary N) is 1. The number of carbonyl (C=O) groups excluding carboxylic acids is 2. The van der Waals surface area contributed by atoms with E-state index in [9.17, 15) is 9.59 Å². The lowest BCUT2D eigenvalue weighted by atomic mass is 10.1. The van der Waals surface area contributed by atoms with Crippen LogP contribution < -0.4 is 10.2 Å². The largest absolute Gasteiger partial charge is 0.353 e. The summed E-state index contributed by atoms with van der Waals surface area (Å²) < 4.78 is 0. The van der Waals surface area contributed by atoms with E-state index in [1.807, 2.05) is 45.9 Å². The highest BCUT2D eigenvalue weighted by Crippen LogP contribution is 2.29. The highest BCUT2D eigenvalue weighted by atomic mass is 16.2. The van der Waals surface area contributed by atoms with E-state index in [4.69, 9.17) is 0 Å². The van der Waals surface area contributed by atoms with E-state index >= 15 is 0 Å². The molecule has 0 radical (unpaired) electrons. The number of anilines is 1. The third-order valence-corrected chi connectivity index (χ3v) is 4.36. The standard InChI is InChI=1S/C17H24N2O2/c1-5-12(3)18-17(21)14-9-16(20)19(10-14)15-8-6-7-11(2)13(15)4/h6-8,12,14H,5,9-10H2,1-4H3,(H,18,21)/t12-,14-/m0/s1. The number of nitrogens with zero attached hydrogens (tertiary/aromatic N) is 1. The molecule has 0 saturated carbocycles. The summed E-state index contributed by atoms with van der Waals surface area (Å²) in [7, 11) is 0. The molecule has 4 heteroatoms. The van der Waals surface area contributed by atoms with E-state index in [1.54, 1.807) is 4.90 Å². The number of rotatable bonds is 4. The molecular formula is C17H24N2O2. The van der Waals surface area contributed by atoms with Gasteiger partial charge in [-0.25, -0.2) is 0 Å². The summed E-state index contributed by atoms with van der Waals surface area (Å²) >= 11 is 0. The average molecular weight is 288 g/mol. The summed E-state index contributed by atoms with van der Waals surface area (Å²) in [6.45, 7) is 8.55. The molecule has 1 fully saturated rings. The van der Waals surface area contributed by atoms with Crippen molar-refractivity contribution >= 4 is 17.5 Å². The minimum atomic E-state index is -0.244. The third-order valence-electron chi connectivity index (χ3n) is 4.36. The van der Waals surface area contributed by atoms with Crippen LogP contribution in [0.2, 0.25) is 0 Å². The molecule has 0 spiro atoms. The molecular weight excluding hydrogens is 264 g/mol. The van der Waals surface area contributed by atoms with Crippen LogP contribution in [0.4, 0.5) is 5.69 Å². The second-order valence-corrected chi connectivity index (χ2v) is 5.94. The molecule has 0 aliphatic carbocycles. The SMILES string of the molecule is CC[C@H](C)NC(=O)[C@H]1CC(=O)N(c2cccc(C)c2C)C1. The number of amides is 2. The molecule has 1 heterocycles. The topological polar surface area (TPSA) is 49.4 Å². The van der Waals surface area contributed by atoms with Crippen LogP contribution in [0.1, 0.15) is 37.8 Å². The Balaban J connectivity index is 2.13. The van der Waals surface area contributed by atoms with Gasteiger partial charge in [0.1, 0.15) is 0 Å². The zero-order chi connectivity index (χ0) is 15.6. The molecule has 1 aromatic rings. The van der Waals surface area contributed by atoms with Crippen molar-refractivity contribution in [2.45, 2.75) is 46.6 Å². The third kappa shape index (κ3) is 3.26. The fraction of sp³-hybridized carbons (Fsp3) is 0.529. The molecule has 2 rings (SSSR count). The van der Waals surface area contributed by atoms with Gasteiger partial charge < -0.3 is 10.2 Å². The summed E-state index contributed by atoms with van der Waals surface area (Å²) in [5.74, 6) is -0.218. The van der Waals surface area contributed by atoms with Crippen molar-refractivity contribution < 1.29 is 9.59 Å². The molecule has 0 aromatic heterocycles. The monoisotopic (exact) mass is 288 g/mol. The van der Waals surface area contributed by atoms with Crippen LogP contribution in [-0.4, -0.2) is 24.4 Å². The van der Waals surface area contributed by atoms with E-state index in [-0.39, 0.29) is 23.8 Å². The van der Waals surface area contributed by atoms with Gasteiger partial charge in [0.2, 0.25) is 11.8 Å². The highest BCUT2D eigenvalue weighted by molar-refractivity contribution is 6.00. The number of hydrogen-bond acceptors (Lipinski definition) is 2. The van der Waals surface area contributed by atoms with Crippen LogP contribution in [0.25, 0.3) is 0 Å². The minimum absolute atomic E-state index is 0.00879. The van der Waals surface area contributed by atoms with E-state index in [2.05, 4.69) is 5.32 Å². The Kier molecular flexibility index (Phi) is 4.66. The molecule has 1 aliphatic heterocycles. The smallest absolute Gasteiger partial charge is 0.227 e. The number of hydrogen-bond donors (Lipinski definition) is 1. The Labute approximate surface area is 126 Å². The van der Waals surface area contributed by atoms with Gasteiger partial charge in [0.05, 0.1) is 5.92 Å². The van der Waals surface area contributed by atoms with Gasteiger partial charge in [-0.2, -0.15) is 0 Å². The maximum absolute atomic E-state index is 12.3. The minimum Gasteiger partial charge on any atom is -0.353 e. The Bertz CT molecular complexity index is 554. The molecule has 114 valence electrons. The van der Waals surface area contributed by atoms with Gasteiger partial charge in [-0.05, 0) is 44.4 Å². The van der Waals surface area contributed by atoms with E-state index in [0.717, 1.165) is 23.2 Å². The molecule has 1 saturated heterocycles. The van der Waals surface area contributed by atoms with Gasteiger partial charge in [0, 0.05) is 24.7 Å². The molecule has 0 bridgehead atoms. The van der Waals surface area contributed by atoms with Gasteiger partial charge in [-0.3, -0.25) is 9.59 Å². The predicted octanol–water partition coefficient (Wildman–Crippen LogP) is 2.57. The normalized spacial score (nSPS) is 19.7. The highest BCUT2D eigenvalue weighted by Gasteiger charge is 2.35. The van der Waals surface area contributed by atoms with Crippen molar-refractivity contribution in [3.63, 3.8) is 0 Å². The average Bonchev–Trinajstić information content (AvgIpc) is 2.83. The Morgan fingerprint density at radius 3 is 2.81 bits per heavy atom. The first-order valence-corrected chi connectivity index (χ1v) is 7.61. The van der Waals surface area contributed by atoms with E-state index < -0.39 is 0 Å². The number of carbonyl (C=O) groups is 2. The van der Waals surface area contributed by atoms with Crippen molar-refractivity contribution in [3.8, 4) is 0 Å². The summed E-state index contributed by atoms with van der Waals surface area (Å²) in [5, 5.41) is 2.97. The molecule has 4 nitrogen and oxygen atoms in total. The van der Waals surface area contributed by atoms with E-state index in [0.29, 0.717) is 13.0 Å². The first-order chi connectivity index (χ1) is 9.93. The molecule has 0 unspecified atom stereocenters. The van der Waals surface area contributed by atoms with Crippen LogP contribution in [0, 0.1) is 19.8 Å². The lowest BCUT2D eigenvalue weighted by molar-refractivity contribution is -0.126. The summed E-state index contributed by atoms with van der Waals surface area (Å²) in [6, 6.07) is 6.10. The second-order valence-electron chi connectivity index (χ2n) is 5.94. The van der Waals surface area contributed by atoms with Crippen LogP contribution >= 0.6 is 0 Å². The van der Waals surface area contributed by atoms with Crippen molar-refractivity contribution in [1.82, 2.24) is 5.32 Å². The fourth-order valence-electron chi connectivity index (χ4n) is 2.61. The van der Waals surface area contributed by atoms with Crippen LogP contribution in [0.5, 0.6) is 0 Å². The van der Waals surface area contributed by atoms with Crippen LogP contribution in [0.3, 0.4) is 0 Å². The second kappa shape index (κ2) is 6.29. The fourth-order valence-corrected chi connectivity index (χ4v) is 2.61. The summed E-state index contributed by atoms with van der Waals surface area (Å²) in [6.07, 6.45) is 1.20. The zero-order valence-electron chi connectivity index (χ0n) is 13.3. The van der Waals surface area contributed by atoms with E-state index in [1.165, 1.54) is 0 Å². The van der Waals surface area contributed by atoms with Crippen LogP contribution in [-0.2, 0) is 9.59 Å². The molecule has 1 aliphatic rings. The van der Waals surface area contributed by atoms with Crippen molar-refractivity contribution in [2.24, 2.45) is 5.92 Å². The predicted molar refractivity (Wildman–Crippen MR) is 84.3 cm³/mol. The zero-order valence-corrected chi connectivity index (χ0v) is 13.3. The van der Waals surface area contributed by atoms with Crippen molar-refractivity contribution in [1.29, 1.82) is 0 Å². The maximum atomic E-state index is 12.3.